The van der Waals surface area contributed by atoms with Gasteiger partial charge in [0, 0.05) is 5.56 Å². The summed E-state index contributed by atoms with van der Waals surface area (Å²) in [6.45, 7) is 3.90. The van der Waals surface area contributed by atoms with Crippen LogP contribution in [-0.4, -0.2) is 19.6 Å². The summed E-state index contributed by atoms with van der Waals surface area (Å²) in [4.78, 5) is 11.0. The van der Waals surface area contributed by atoms with E-state index in [1.807, 2.05) is 0 Å². The molecule has 2 N–H and O–H groups in total. The monoisotopic (exact) mass is 285 g/mol. The van der Waals surface area contributed by atoms with Gasteiger partial charge in [0.15, 0.2) is 11.5 Å². The van der Waals surface area contributed by atoms with Gasteiger partial charge in [-0.3, -0.25) is 4.79 Å². The van der Waals surface area contributed by atoms with Crippen LogP contribution in [0.5, 0.6) is 11.5 Å². The third-order valence-corrected chi connectivity index (χ3v) is 2.45. The van der Waals surface area contributed by atoms with E-state index in [4.69, 9.17) is 15.2 Å². The van der Waals surface area contributed by atoms with Gasteiger partial charge < -0.3 is 15.2 Å². The largest absolute Gasteiger partial charge is 0.493 e. The van der Waals surface area contributed by atoms with Gasteiger partial charge in [-0.1, -0.05) is 12.7 Å². The van der Waals surface area contributed by atoms with Crippen molar-refractivity contribution in [3.05, 3.63) is 34.8 Å². The number of ether oxygens (including phenoxy) is 2. The Labute approximate surface area is 102 Å². The zero-order chi connectivity index (χ0) is 12.1. The fourth-order valence-electron chi connectivity index (χ4n) is 1.14. The topological polar surface area (TPSA) is 61.5 Å². The SMILES string of the molecule is C=CCOc1c(Br)cc(C(N)=O)cc1OC. The minimum Gasteiger partial charge on any atom is -0.493 e. The molecule has 1 rings (SSSR count). The molecule has 16 heavy (non-hydrogen) atoms. The predicted molar refractivity (Wildman–Crippen MR) is 64.9 cm³/mol. The minimum atomic E-state index is -0.519. The lowest BCUT2D eigenvalue weighted by Gasteiger charge is -2.12. The highest BCUT2D eigenvalue weighted by molar-refractivity contribution is 9.10. The molecule has 0 saturated carbocycles. The second-order valence-corrected chi connectivity index (χ2v) is 3.81. The number of amides is 1. The summed E-state index contributed by atoms with van der Waals surface area (Å²) in [5, 5.41) is 0. The van der Waals surface area contributed by atoms with Crippen LogP contribution >= 0.6 is 15.9 Å². The summed E-state index contributed by atoms with van der Waals surface area (Å²) in [5.74, 6) is 0.451. The highest BCUT2D eigenvalue weighted by atomic mass is 79.9. The lowest BCUT2D eigenvalue weighted by Crippen LogP contribution is -2.11. The normalized spacial score (nSPS) is 9.62. The third-order valence-electron chi connectivity index (χ3n) is 1.86. The molecule has 0 aliphatic heterocycles. The van der Waals surface area contributed by atoms with Crippen LogP contribution in [-0.2, 0) is 0 Å². The molecule has 0 bridgehead atoms. The van der Waals surface area contributed by atoms with Crippen molar-refractivity contribution in [3.8, 4) is 11.5 Å². The van der Waals surface area contributed by atoms with Crippen LogP contribution in [0.2, 0.25) is 0 Å². The number of hydrogen-bond donors (Lipinski definition) is 1. The van der Waals surface area contributed by atoms with Gasteiger partial charge >= 0.3 is 0 Å². The summed E-state index contributed by atoms with van der Waals surface area (Å²) in [7, 11) is 1.49. The fraction of sp³-hybridized carbons (Fsp3) is 0.182. The molecular formula is C11H12BrNO3. The van der Waals surface area contributed by atoms with Gasteiger partial charge in [-0.05, 0) is 28.1 Å². The highest BCUT2D eigenvalue weighted by Gasteiger charge is 2.13. The van der Waals surface area contributed by atoms with E-state index in [0.717, 1.165) is 0 Å². The molecule has 86 valence electrons. The number of methoxy groups -OCH3 is 1. The molecule has 0 heterocycles. The average molecular weight is 286 g/mol. The van der Waals surface area contributed by atoms with E-state index in [2.05, 4.69) is 22.5 Å². The van der Waals surface area contributed by atoms with Crippen molar-refractivity contribution < 1.29 is 14.3 Å². The number of carbonyl (C=O) groups is 1. The van der Waals surface area contributed by atoms with Gasteiger partial charge in [-0.25, -0.2) is 0 Å². The molecule has 4 nitrogen and oxygen atoms in total. The van der Waals surface area contributed by atoms with Crippen LogP contribution in [0.25, 0.3) is 0 Å². The van der Waals surface area contributed by atoms with Crippen molar-refractivity contribution in [3.63, 3.8) is 0 Å². The molecule has 0 aromatic heterocycles. The number of carbonyl (C=O) groups excluding carboxylic acids is 1. The number of nitrogens with two attached hydrogens (primary N) is 1. The first-order valence-electron chi connectivity index (χ1n) is 4.51. The zero-order valence-corrected chi connectivity index (χ0v) is 10.4. The maximum Gasteiger partial charge on any atom is 0.248 e. The van der Waals surface area contributed by atoms with Crippen molar-refractivity contribution in [2.45, 2.75) is 0 Å². The van der Waals surface area contributed by atoms with Crippen molar-refractivity contribution in [2.75, 3.05) is 13.7 Å². The van der Waals surface area contributed by atoms with Gasteiger partial charge in [0.25, 0.3) is 0 Å². The van der Waals surface area contributed by atoms with E-state index in [1.165, 1.54) is 13.2 Å². The molecule has 0 fully saturated rings. The molecule has 0 atom stereocenters. The van der Waals surface area contributed by atoms with E-state index < -0.39 is 5.91 Å². The van der Waals surface area contributed by atoms with Crippen molar-refractivity contribution in [2.24, 2.45) is 5.73 Å². The van der Waals surface area contributed by atoms with E-state index >= 15 is 0 Å². The Bertz CT molecular complexity index is 418. The summed E-state index contributed by atoms with van der Waals surface area (Å²) < 4.78 is 11.1. The van der Waals surface area contributed by atoms with Gasteiger partial charge in [0.1, 0.15) is 6.61 Å². The molecule has 0 aliphatic rings. The standard InChI is InChI=1S/C11H12BrNO3/c1-3-4-16-10-8(12)5-7(11(13)14)6-9(10)15-2/h3,5-6H,1,4H2,2H3,(H2,13,14). The molecule has 1 aromatic rings. The first-order valence-corrected chi connectivity index (χ1v) is 5.30. The van der Waals surface area contributed by atoms with Gasteiger partial charge in [0.2, 0.25) is 5.91 Å². The molecule has 1 amide bonds. The number of hydrogen-bond acceptors (Lipinski definition) is 3. The van der Waals surface area contributed by atoms with Crippen LogP contribution in [0.3, 0.4) is 0 Å². The number of benzene rings is 1. The second-order valence-electron chi connectivity index (χ2n) is 2.95. The van der Waals surface area contributed by atoms with Gasteiger partial charge in [0.05, 0.1) is 11.6 Å². The summed E-state index contributed by atoms with van der Waals surface area (Å²) >= 11 is 3.29. The first-order chi connectivity index (χ1) is 7.60. The second kappa shape index (κ2) is 5.55. The minimum absolute atomic E-state index is 0.352. The highest BCUT2D eigenvalue weighted by Crippen LogP contribution is 2.36. The number of rotatable bonds is 5. The fourth-order valence-corrected chi connectivity index (χ4v) is 1.70. The summed E-state index contributed by atoms with van der Waals surface area (Å²) in [6.07, 6.45) is 1.62. The Morgan fingerprint density at radius 1 is 1.62 bits per heavy atom. The predicted octanol–water partition coefficient (Wildman–Crippen LogP) is 2.12. The van der Waals surface area contributed by atoms with Crippen LogP contribution in [0.1, 0.15) is 10.4 Å². The van der Waals surface area contributed by atoms with Crippen LogP contribution < -0.4 is 15.2 Å². The van der Waals surface area contributed by atoms with E-state index in [0.29, 0.717) is 28.1 Å². The summed E-state index contributed by atoms with van der Waals surface area (Å²) in [6, 6.07) is 3.12. The van der Waals surface area contributed by atoms with Gasteiger partial charge in [-0.15, -0.1) is 0 Å². The van der Waals surface area contributed by atoms with Crippen molar-refractivity contribution >= 4 is 21.8 Å². The smallest absolute Gasteiger partial charge is 0.248 e. The molecule has 0 aliphatic carbocycles. The number of halogens is 1. The molecule has 5 heteroatoms. The molecular weight excluding hydrogens is 274 g/mol. The van der Waals surface area contributed by atoms with Crippen LogP contribution in [0.15, 0.2) is 29.3 Å². The van der Waals surface area contributed by atoms with E-state index in [1.54, 1.807) is 12.1 Å². The summed E-state index contributed by atoms with van der Waals surface area (Å²) in [5.41, 5.74) is 5.54. The van der Waals surface area contributed by atoms with Crippen molar-refractivity contribution in [1.29, 1.82) is 0 Å². The van der Waals surface area contributed by atoms with E-state index in [9.17, 15) is 4.79 Å². The maximum absolute atomic E-state index is 11.0. The third kappa shape index (κ3) is 2.76. The molecule has 0 spiro atoms. The quantitative estimate of drug-likeness (QED) is 0.843. The molecule has 0 radical (unpaired) electrons. The lowest BCUT2D eigenvalue weighted by molar-refractivity contribution is 0.1000. The molecule has 0 unspecified atom stereocenters. The van der Waals surface area contributed by atoms with E-state index in [-0.39, 0.29) is 0 Å². The maximum atomic E-state index is 11.0. The Balaban J connectivity index is 3.17. The van der Waals surface area contributed by atoms with Crippen LogP contribution in [0, 0.1) is 0 Å². The average Bonchev–Trinajstić information content (AvgIpc) is 2.26. The van der Waals surface area contributed by atoms with Crippen LogP contribution in [0.4, 0.5) is 0 Å². The molecule has 1 aromatic carbocycles. The lowest BCUT2D eigenvalue weighted by atomic mass is 10.2. The molecule has 0 saturated heterocycles. The Kier molecular flexibility index (Phi) is 4.37. The Hall–Kier alpha value is -1.49. The Morgan fingerprint density at radius 3 is 2.81 bits per heavy atom. The Morgan fingerprint density at radius 2 is 2.31 bits per heavy atom. The number of primary amides is 1. The van der Waals surface area contributed by atoms with Gasteiger partial charge in [-0.2, -0.15) is 0 Å². The zero-order valence-electron chi connectivity index (χ0n) is 8.83. The van der Waals surface area contributed by atoms with Crippen molar-refractivity contribution in [1.82, 2.24) is 0 Å². The first kappa shape index (κ1) is 12.6.